The first-order valence-corrected chi connectivity index (χ1v) is 6.03. The molecule has 0 aliphatic carbocycles. The number of pyridine rings is 1. The van der Waals surface area contributed by atoms with Gasteiger partial charge in [-0.15, -0.1) is 0 Å². The average Bonchev–Trinajstić information content (AvgIpc) is 2.46. The van der Waals surface area contributed by atoms with Gasteiger partial charge >= 0.3 is 0 Å². The van der Waals surface area contributed by atoms with Crippen LogP contribution in [0.5, 0.6) is 0 Å². The number of hydrogen-bond donors (Lipinski definition) is 1. The molecule has 0 amide bonds. The van der Waals surface area contributed by atoms with Crippen LogP contribution in [0.1, 0.15) is 34.1 Å². The monoisotopic (exact) mass is 240 g/mol. The second-order valence-electron chi connectivity index (χ2n) is 4.12. The Morgan fingerprint density at radius 2 is 2.00 bits per heavy atom. The molecule has 3 nitrogen and oxygen atoms in total. The summed E-state index contributed by atoms with van der Waals surface area (Å²) in [5, 5.41) is 0. The van der Waals surface area contributed by atoms with Crippen molar-refractivity contribution in [3.63, 3.8) is 0 Å². The zero-order valence-electron chi connectivity index (χ0n) is 10.4. The molecule has 2 N–H and O–H groups in total. The molecule has 0 fully saturated rings. The van der Waals surface area contributed by atoms with Gasteiger partial charge in [0, 0.05) is 23.9 Å². The largest absolute Gasteiger partial charge is 0.325 e. The van der Waals surface area contributed by atoms with Crippen molar-refractivity contribution in [3.05, 3.63) is 65.0 Å². The van der Waals surface area contributed by atoms with Gasteiger partial charge in [0.1, 0.15) is 0 Å². The van der Waals surface area contributed by atoms with Crippen LogP contribution in [-0.4, -0.2) is 10.8 Å². The molecule has 1 aromatic carbocycles. The van der Waals surface area contributed by atoms with Crippen LogP contribution in [0.15, 0.2) is 42.6 Å². The molecule has 0 saturated heterocycles. The number of aryl methyl sites for hydroxylation is 1. The summed E-state index contributed by atoms with van der Waals surface area (Å²) in [5.74, 6) is 0.0161. The highest BCUT2D eigenvalue weighted by molar-refractivity contribution is 6.09. The van der Waals surface area contributed by atoms with E-state index in [4.69, 9.17) is 5.73 Å². The molecule has 0 bridgehead atoms. The summed E-state index contributed by atoms with van der Waals surface area (Å²) in [6, 6.07) is 11.2. The normalized spacial score (nSPS) is 10.3. The van der Waals surface area contributed by atoms with Gasteiger partial charge in [0.15, 0.2) is 5.78 Å². The van der Waals surface area contributed by atoms with E-state index in [1.807, 2.05) is 24.3 Å². The maximum atomic E-state index is 12.3. The smallest absolute Gasteiger partial charge is 0.193 e. The van der Waals surface area contributed by atoms with Crippen molar-refractivity contribution in [3.8, 4) is 0 Å². The molecule has 2 rings (SSSR count). The van der Waals surface area contributed by atoms with E-state index in [1.165, 1.54) is 0 Å². The molecule has 2 aromatic rings. The summed E-state index contributed by atoms with van der Waals surface area (Å²) in [4.78, 5) is 16.4. The van der Waals surface area contributed by atoms with Crippen LogP contribution in [0.3, 0.4) is 0 Å². The van der Waals surface area contributed by atoms with Crippen LogP contribution in [-0.2, 0) is 13.0 Å². The number of aromatic nitrogens is 1. The minimum Gasteiger partial charge on any atom is -0.325 e. The minimum atomic E-state index is 0.0161. The Labute approximate surface area is 107 Å². The molecule has 1 aromatic heterocycles. The number of rotatable bonds is 4. The minimum absolute atomic E-state index is 0.0161. The van der Waals surface area contributed by atoms with Crippen molar-refractivity contribution in [1.29, 1.82) is 0 Å². The molecule has 0 spiro atoms. The van der Waals surface area contributed by atoms with E-state index in [1.54, 1.807) is 18.3 Å². The Kier molecular flexibility index (Phi) is 3.85. The van der Waals surface area contributed by atoms with Crippen molar-refractivity contribution < 1.29 is 4.79 Å². The van der Waals surface area contributed by atoms with Crippen molar-refractivity contribution in [2.24, 2.45) is 5.73 Å². The fourth-order valence-electron chi connectivity index (χ4n) is 1.83. The number of hydrogen-bond acceptors (Lipinski definition) is 3. The molecule has 0 aliphatic heterocycles. The molecule has 0 radical (unpaired) electrons. The van der Waals surface area contributed by atoms with E-state index >= 15 is 0 Å². The molecule has 0 atom stereocenters. The SMILES string of the molecule is CCc1cccc(C(=O)c2ccnc(CN)c2)c1. The van der Waals surface area contributed by atoms with Crippen LogP contribution in [0.25, 0.3) is 0 Å². The first-order chi connectivity index (χ1) is 8.74. The van der Waals surface area contributed by atoms with Gasteiger partial charge in [0.25, 0.3) is 0 Å². The highest BCUT2D eigenvalue weighted by Gasteiger charge is 2.09. The Hall–Kier alpha value is -2.00. The van der Waals surface area contributed by atoms with Crippen molar-refractivity contribution in [1.82, 2.24) is 4.98 Å². The maximum absolute atomic E-state index is 12.3. The average molecular weight is 240 g/mol. The molecule has 0 aliphatic rings. The van der Waals surface area contributed by atoms with Gasteiger partial charge in [-0.05, 0) is 30.2 Å². The summed E-state index contributed by atoms with van der Waals surface area (Å²) < 4.78 is 0. The van der Waals surface area contributed by atoms with E-state index in [2.05, 4.69) is 11.9 Å². The van der Waals surface area contributed by atoms with Gasteiger partial charge in [-0.2, -0.15) is 0 Å². The molecular weight excluding hydrogens is 224 g/mol. The van der Waals surface area contributed by atoms with E-state index in [-0.39, 0.29) is 5.78 Å². The van der Waals surface area contributed by atoms with Gasteiger partial charge in [-0.1, -0.05) is 25.1 Å². The quantitative estimate of drug-likeness (QED) is 0.834. The fraction of sp³-hybridized carbons (Fsp3) is 0.200. The zero-order valence-corrected chi connectivity index (χ0v) is 10.4. The lowest BCUT2D eigenvalue weighted by molar-refractivity contribution is 0.103. The van der Waals surface area contributed by atoms with E-state index in [0.717, 1.165) is 17.7 Å². The summed E-state index contributed by atoms with van der Waals surface area (Å²) in [7, 11) is 0. The van der Waals surface area contributed by atoms with Gasteiger partial charge in [0.2, 0.25) is 0 Å². The third-order valence-electron chi connectivity index (χ3n) is 2.89. The third-order valence-corrected chi connectivity index (χ3v) is 2.89. The molecule has 92 valence electrons. The number of benzene rings is 1. The first kappa shape index (κ1) is 12.5. The predicted molar refractivity (Wildman–Crippen MR) is 71.4 cm³/mol. The predicted octanol–water partition coefficient (Wildman–Crippen LogP) is 2.33. The summed E-state index contributed by atoms with van der Waals surface area (Å²) >= 11 is 0. The van der Waals surface area contributed by atoms with Crippen molar-refractivity contribution in [2.75, 3.05) is 0 Å². The maximum Gasteiger partial charge on any atom is 0.193 e. The zero-order chi connectivity index (χ0) is 13.0. The Bertz CT molecular complexity index is 514. The summed E-state index contributed by atoms with van der Waals surface area (Å²) in [6.45, 7) is 2.42. The second kappa shape index (κ2) is 5.56. The Morgan fingerprint density at radius 3 is 2.72 bits per heavy atom. The Balaban J connectivity index is 2.34. The van der Waals surface area contributed by atoms with Gasteiger partial charge in [0.05, 0.1) is 5.69 Å². The summed E-state index contributed by atoms with van der Waals surface area (Å²) in [5.41, 5.74) is 8.77. The molecule has 3 heteroatoms. The molecule has 0 unspecified atom stereocenters. The number of carbonyl (C=O) groups is 1. The number of nitrogens with two attached hydrogens (primary N) is 1. The molecule has 18 heavy (non-hydrogen) atoms. The second-order valence-corrected chi connectivity index (χ2v) is 4.12. The highest BCUT2D eigenvalue weighted by atomic mass is 16.1. The standard InChI is InChI=1S/C15H16N2O/c1-2-11-4-3-5-12(8-11)15(18)13-6-7-17-14(9-13)10-16/h3-9H,2,10,16H2,1H3. The number of carbonyl (C=O) groups excluding carboxylic acids is 1. The van der Waals surface area contributed by atoms with Crippen LogP contribution >= 0.6 is 0 Å². The Morgan fingerprint density at radius 1 is 1.22 bits per heavy atom. The molecule has 1 heterocycles. The van der Waals surface area contributed by atoms with Crippen LogP contribution in [0.2, 0.25) is 0 Å². The van der Waals surface area contributed by atoms with Crippen LogP contribution in [0, 0.1) is 0 Å². The molecular formula is C15H16N2O. The van der Waals surface area contributed by atoms with E-state index < -0.39 is 0 Å². The molecule has 0 saturated carbocycles. The lowest BCUT2D eigenvalue weighted by Gasteiger charge is -2.04. The number of nitrogens with zero attached hydrogens (tertiary/aromatic N) is 1. The van der Waals surface area contributed by atoms with E-state index in [9.17, 15) is 4.79 Å². The van der Waals surface area contributed by atoms with Gasteiger partial charge < -0.3 is 5.73 Å². The van der Waals surface area contributed by atoms with Crippen molar-refractivity contribution >= 4 is 5.78 Å². The first-order valence-electron chi connectivity index (χ1n) is 6.03. The lowest BCUT2D eigenvalue weighted by atomic mass is 10.0. The van der Waals surface area contributed by atoms with Gasteiger partial charge in [-0.25, -0.2) is 0 Å². The highest BCUT2D eigenvalue weighted by Crippen LogP contribution is 2.12. The topological polar surface area (TPSA) is 56.0 Å². The lowest BCUT2D eigenvalue weighted by Crippen LogP contribution is -2.05. The summed E-state index contributed by atoms with van der Waals surface area (Å²) in [6.07, 6.45) is 2.55. The van der Waals surface area contributed by atoms with Gasteiger partial charge in [-0.3, -0.25) is 9.78 Å². The third kappa shape index (κ3) is 2.63. The van der Waals surface area contributed by atoms with E-state index in [0.29, 0.717) is 17.7 Å². The fourth-order valence-corrected chi connectivity index (χ4v) is 1.83. The van der Waals surface area contributed by atoms with Crippen LogP contribution in [0.4, 0.5) is 0 Å². The van der Waals surface area contributed by atoms with Crippen molar-refractivity contribution in [2.45, 2.75) is 19.9 Å². The number of ketones is 1. The van der Waals surface area contributed by atoms with Crippen LogP contribution < -0.4 is 5.73 Å².